The van der Waals surface area contributed by atoms with E-state index in [2.05, 4.69) is 9.97 Å². The number of methoxy groups -OCH3 is 1. The van der Waals surface area contributed by atoms with Crippen LogP contribution in [0.2, 0.25) is 0 Å². The van der Waals surface area contributed by atoms with Crippen LogP contribution in [0.5, 0.6) is 5.75 Å². The minimum atomic E-state index is -1.00. The number of aromatic nitrogens is 2. The predicted molar refractivity (Wildman–Crippen MR) is 75.2 cm³/mol. The number of hydrogen-bond acceptors (Lipinski definition) is 4. The zero-order valence-electron chi connectivity index (χ0n) is 11.9. The van der Waals surface area contributed by atoms with Crippen LogP contribution in [-0.2, 0) is 0 Å². The third-order valence-electron chi connectivity index (χ3n) is 3.14. The van der Waals surface area contributed by atoms with Crippen molar-refractivity contribution in [2.24, 2.45) is 0 Å². The van der Waals surface area contributed by atoms with Crippen molar-refractivity contribution in [1.29, 1.82) is 0 Å². The molecule has 0 unspecified atom stereocenters. The number of carboxylic acid groups (broad SMARTS) is 1. The highest BCUT2D eigenvalue weighted by Crippen LogP contribution is 2.25. The van der Waals surface area contributed by atoms with E-state index in [9.17, 15) is 4.79 Å². The molecule has 0 saturated carbocycles. The second-order valence-electron chi connectivity index (χ2n) is 4.58. The quantitative estimate of drug-likeness (QED) is 0.930. The summed E-state index contributed by atoms with van der Waals surface area (Å²) >= 11 is 0. The van der Waals surface area contributed by atoms with Gasteiger partial charge in [-0.1, -0.05) is 0 Å². The summed E-state index contributed by atoms with van der Waals surface area (Å²) in [5.41, 5.74) is 2.92. The zero-order valence-corrected chi connectivity index (χ0v) is 11.9. The minimum absolute atomic E-state index is 0.166. The molecule has 2 rings (SSSR count). The van der Waals surface area contributed by atoms with Crippen molar-refractivity contribution in [2.45, 2.75) is 20.8 Å². The Balaban J connectivity index is 2.54. The third kappa shape index (κ3) is 2.47. The maximum Gasteiger partial charge on any atom is 0.339 e. The van der Waals surface area contributed by atoms with E-state index in [1.165, 1.54) is 0 Å². The van der Waals surface area contributed by atoms with Gasteiger partial charge < -0.3 is 9.84 Å². The first kappa shape index (κ1) is 14.0. The van der Waals surface area contributed by atoms with Crippen LogP contribution in [0.3, 0.4) is 0 Å². The number of hydrogen-bond donors (Lipinski definition) is 1. The molecule has 5 nitrogen and oxygen atoms in total. The average Bonchev–Trinajstić information content (AvgIpc) is 2.37. The van der Waals surface area contributed by atoms with Crippen molar-refractivity contribution in [3.05, 3.63) is 40.7 Å². The molecule has 0 amide bonds. The van der Waals surface area contributed by atoms with Gasteiger partial charge in [-0.3, -0.25) is 0 Å². The maximum absolute atomic E-state index is 11.1. The molecule has 1 aromatic heterocycles. The Morgan fingerprint density at radius 1 is 1.15 bits per heavy atom. The molecule has 0 aliphatic rings. The summed E-state index contributed by atoms with van der Waals surface area (Å²) in [6.45, 7) is 5.30. The van der Waals surface area contributed by atoms with Gasteiger partial charge in [-0.15, -0.1) is 0 Å². The molecule has 0 aliphatic carbocycles. The monoisotopic (exact) mass is 272 g/mol. The second-order valence-corrected chi connectivity index (χ2v) is 4.58. The lowest BCUT2D eigenvalue weighted by atomic mass is 10.1. The summed E-state index contributed by atoms with van der Waals surface area (Å²) in [5, 5.41) is 9.12. The van der Waals surface area contributed by atoms with E-state index in [-0.39, 0.29) is 5.56 Å². The number of aromatic carboxylic acids is 1. The van der Waals surface area contributed by atoms with Crippen LogP contribution in [0.15, 0.2) is 18.2 Å². The smallest absolute Gasteiger partial charge is 0.339 e. The normalized spacial score (nSPS) is 10.4. The molecular formula is C15H16N2O3. The maximum atomic E-state index is 11.1. The first-order valence-corrected chi connectivity index (χ1v) is 6.17. The molecular weight excluding hydrogens is 256 g/mol. The van der Waals surface area contributed by atoms with Crippen LogP contribution in [0.1, 0.15) is 27.3 Å². The van der Waals surface area contributed by atoms with E-state index < -0.39 is 5.97 Å². The Hall–Kier alpha value is -2.43. The van der Waals surface area contributed by atoms with Crippen molar-refractivity contribution in [2.75, 3.05) is 7.11 Å². The lowest BCUT2D eigenvalue weighted by Crippen LogP contribution is -2.08. The molecule has 1 aromatic carbocycles. The highest BCUT2D eigenvalue weighted by molar-refractivity contribution is 5.90. The largest absolute Gasteiger partial charge is 0.496 e. The van der Waals surface area contributed by atoms with E-state index in [1.807, 2.05) is 25.1 Å². The first-order chi connectivity index (χ1) is 9.43. The molecule has 0 atom stereocenters. The van der Waals surface area contributed by atoms with Crippen LogP contribution in [-0.4, -0.2) is 28.2 Å². The van der Waals surface area contributed by atoms with Gasteiger partial charge in [0.05, 0.1) is 18.5 Å². The molecule has 2 aromatic rings. The molecule has 0 fully saturated rings. The number of benzene rings is 1. The number of nitrogens with zero attached hydrogens (tertiary/aromatic N) is 2. The summed E-state index contributed by atoms with van der Waals surface area (Å²) in [4.78, 5) is 19.7. The minimum Gasteiger partial charge on any atom is -0.496 e. The summed E-state index contributed by atoms with van der Waals surface area (Å²) < 4.78 is 5.22. The highest BCUT2D eigenvalue weighted by atomic mass is 16.5. The molecule has 104 valence electrons. The van der Waals surface area contributed by atoms with Gasteiger partial charge in [0.15, 0.2) is 5.82 Å². The standard InChI is InChI=1S/C15H16N2O3/c1-8-7-11(5-6-12(8)20-4)14-16-9(2)13(15(18)19)10(3)17-14/h5-7H,1-4H3,(H,18,19). The van der Waals surface area contributed by atoms with E-state index in [0.29, 0.717) is 17.2 Å². The Bertz CT molecular complexity index is 658. The van der Waals surface area contributed by atoms with Crippen molar-refractivity contribution in [3.63, 3.8) is 0 Å². The van der Waals surface area contributed by atoms with Gasteiger partial charge in [0, 0.05) is 5.56 Å². The van der Waals surface area contributed by atoms with Gasteiger partial charge in [0.2, 0.25) is 0 Å². The predicted octanol–water partition coefficient (Wildman–Crippen LogP) is 2.78. The summed E-state index contributed by atoms with van der Waals surface area (Å²) in [5.74, 6) is 0.317. The molecule has 0 bridgehead atoms. The van der Waals surface area contributed by atoms with E-state index in [1.54, 1.807) is 21.0 Å². The van der Waals surface area contributed by atoms with Crippen molar-refractivity contribution in [1.82, 2.24) is 9.97 Å². The number of rotatable bonds is 3. The third-order valence-corrected chi connectivity index (χ3v) is 3.14. The Morgan fingerprint density at radius 2 is 1.75 bits per heavy atom. The first-order valence-electron chi connectivity index (χ1n) is 6.17. The molecule has 1 heterocycles. The lowest BCUT2D eigenvalue weighted by molar-refractivity contribution is 0.0694. The Kier molecular flexibility index (Phi) is 3.70. The Morgan fingerprint density at radius 3 is 2.20 bits per heavy atom. The van der Waals surface area contributed by atoms with Gasteiger partial charge in [0.1, 0.15) is 11.3 Å². The number of ether oxygens (including phenoxy) is 1. The molecule has 20 heavy (non-hydrogen) atoms. The van der Waals surface area contributed by atoms with Gasteiger partial charge in [0.25, 0.3) is 0 Å². The fraction of sp³-hybridized carbons (Fsp3) is 0.267. The molecule has 0 aliphatic heterocycles. The molecule has 1 N–H and O–H groups in total. The number of carboxylic acids is 1. The van der Waals surface area contributed by atoms with Crippen molar-refractivity contribution < 1.29 is 14.6 Å². The topological polar surface area (TPSA) is 72.3 Å². The fourth-order valence-corrected chi connectivity index (χ4v) is 2.17. The van der Waals surface area contributed by atoms with Crippen molar-refractivity contribution in [3.8, 4) is 17.1 Å². The van der Waals surface area contributed by atoms with Crippen molar-refractivity contribution >= 4 is 5.97 Å². The van der Waals surface area contributed by atoms with Gasteiger partial charge in [-0.2, -0.15) is 0 Å². The number of aryl methyl sites for hydroxylation is 3. The summed E-state index contributed by atoms with van der Waals surface area (Å²) in [6, 6.07) is 5.64. The van der Waals surface area contributed by atoms with Gasteiger partial charge in [-0.05, 0) is 44.5 Å². The second kappa shape index (κ2) is 5.28. The molecule has 0 radical (unpaired) electrons. The SMILES string of the molecule is COc1ccc(-c2nc(C)c(C(=O)O)c(C)n2)cc1C. The lowest BCUT2D eigenvalue weighted by Gasteiger charge is -2.09. The van der Waals surface area contributed by atoms with Gasteiger partial charge >= 0.3 is 5.97 Å². The number of carbonyl (C=O) groups is 1. The van der Waals surface area contributed by atoms with Crippen LogP contribution >= 0.6 is 0 Å². The average molecular weight is 272 g/mol. The van der Waals surface area contributed by atoms with E-state index >= 15 is 0 Å². The van der Waals surface area contributed by atoms with E-state index in [0.717, 1.165) is 16.9 Å². The molecule has 0 spiro atoms. The van der Waals surface area contributed by atoms with Crippen LogP contribution in [0.4, 0.5) is 0 Å². The summed E-state index contributed by atoms with van der Waals surface area (Å²) in [6.07, 6.45) is 0. The van der Waals surface area contributed by atoms with Gasteiger partial charge in [-0.25, -0.2) is 14.8 Å². The molecule has 5 heteroatoms. The highest BCUT2D eigenvalue weighted by Gasteiger charge is 2.15. The van der Waals surface area contributed by atoms with Crippen LogP contribution in [0.25, 0.3) is 11.4 Å². The molecule has 0 saturated heterocycles. The van der Waals surface area contributed by atoms with Crippen LogP contribution < -0.4 is 4.74 Å². The summed E-state index contributed by atoms with van der Waals surface area (Å²) in [7, 11) is 1.62. The van der Waals surface area contributed by atoms with E-state index in [4.69, 9.17) is 9.84 Å². The fourth-order valence-electron chi connectivity index (χ4n) is 2.17. The van der Waals surface area contributed by atoms with Crippen LogP contribution in [0, 0.1) is 20.8 Å². The zero-order chi connectivity index (χ0) is 14.9. The Labute approximate surface area is 117 Å².